The lowest BCUT2D eigenvalue weighted by Gasteiger charge is -2.28. The number of hydrogen-bond acceptors (Lipinski definition) is 5. The van der Waals surface area contributed by atoms with Gasteiger partial charge in [-0.1, -0.05) is 30.3 Å². The van der Waals surface area contributed by atoms with Gasteiger partial charge in [-0.05, 0) is 67.5 Å². The maximum absolute atomic E-state index is 13.0. The maximum atomic E-state index is 13.0. The number of nitrogens with one attached hydrogen (secondary N) is 2. The smallest absolute Gasteiger partial charge is 0.330 e. The second kappa shape index (κ2) is 11.4. The van der Waals surface area contributed by atoms with Crippen molar-refractivity contribution in [3.63, 3.8) is 0 Å². The first-order valence-electron chi connectivity index (χ1n) is 16.6. The van der Waals surface area contributed by atoms with Crippen LogP contribution in [-0.2, 0) is 0 Å². The third kappa shape index (κ3) is 5.28. The number of benzene rings is 3. The van der Waals surface area contributed by atoms with Crippen molar-refractivity contribution in [1.29, 1.82) is 0 Å². The molecule has 43 heavy (non-hydrogen) atoms. The van der Waals surface area contributed by atoms with E-state index in [2.05, 4.69) is 25.8 Å². The number of ketones is 1. The summed E-state index contributed by atoms with van der Waals surface area (Å²) >= 11 is 0. The van der Waals surface area contributed by atoms with Crippen molar-refractivity contribution in [2.24, 2.45) is 0 Å². The first-order valence-corrected chi connectivity index (χ1v) is 14.6. The molecule has 0 bridgehead atoms. The summed E-state index contributed by atoms with van der Waals surface area (Å²) in [6.07, 6.45) is 6.46. The Kier molecular flexibility index (Phi) is 6.02. The highest BCUT2D eigenvalue weighted by atomic mass is 16.2. The summed E-state index contributed by atoms with van der Waals surface area (Å²) < 4.78 is 35.5. The number of fused-ring (bicyclic) bond motifs is 2. The number of H-pyrrole nitrogens is 2. The number of rotatable bonds is 8. The summed E-state index contributed by atoms with van der Waals surface area (Å²) in [4.78, 5) is 48.3. The van der Waals surface area contributed by atoms with E-state index in [1.54, 1.807) is 4.57 Å². The summed E-state index contributed by atoms with van der Waals surface area (Å²) in [6, 6.07) is 14.0. The third-order valence-corrected chi connectivity index (χ3v) is 8.38. The molecule has 2 aliphatic heterocycles. The molecule has 0 radical (unpaired) electrons. The van der Waals surface area contributed by atoms with Crippen LogP contribution in [0.3, 0.4) is 0 Å². The van der Waals surface area contributed by atoms with Crippen molar-refractivity contribution in [2.75, 3.05) is 37.6 Å². The Balaban J connectivity index is 0.941. The first-order chi connectivity index (χ1) is 22.7. The van der Waals surface area contributed by atoms with Crippen molar-refractivity contribution >= 4 is 44.9 Å². The van der Waals surface area contributed by atoms with Gasteiger partial charge in [0.25, 0.3) is 0 Å². The van der Waals surface area contributed by atoms with Crippen LogP contribution >= 0.6 is 0 Å². The number of nitrogens with zero attached hydrogens (tertiary/aromatic N) is 4. The number of carbonyl (C=O) groups is 1. The number of imidazole rings is 2. The van der Waals surface area contributed by atoms with Gasteiger partial charge in [0.15, 0.2) is 5.78 Å². The van der Waals surface area contributed by atoms with Crippen molar-refractivity contribution in [3.8, 4) is 0 Å². The van der Waals surface area contributed by atoms with Crippen molar-refractivity contribution in [1.82, 2.24) is 24.0 Å². The Hall–Kier alpha value is -4.89. The van der Waals surface area contributed by atoms with Crippen molar-refractivity contribution < 1.29 is 10.3 Å². The van der Waals surface area contributed by atoms with Crippen molar-refractivity contribution in [3.05, 3.63) is 111 Å². The van der Waals surface area contributed by atoms with E-state index in [-0.39, 0.29) is 46.7 Å². The van der Waals surface area contributed by atoms with Crippen LogP contribution in [0.4, 0.5) is 5.69 Å². The van der Waals surface area contributed by atoms with Gasteiger partial charge < -0.3 is 14.9 Å². The van der Waals surface area contributed by atoms with Gasteiger partial charge in [-0.2, -0.15) is 0 Å². The summed E-state index contributed by atoms with van der Waals surface area (Å²) in [6.45, 7) is 3.47. The second-order valence-electron chi connectivity index (χ2n) is 11.0. The molecule has 0 saturated heterocycles. The van der Waals surface area contributed by atoms with E-state index in [1.807, 2.05) is 54.6 Å². The van der Waals surface area contributed by atoms with E-state index < -0.39 is 5.69 Å². The summed E-state index contributed by atoms with van der Waals surface area (Å²) in [5.41, 5.74) is 4.68. The first kappa shape index (κ1) is 22.7. The topological polar surface area (TPSA) is 99.1 Å². The molecule has 4 heterocycles. The highest BCUT2D eigenvalue weighted by Gasteiger charge is 2.19. The minimum Gasteiger partial charge on any atom is -0.367 e. The minimum absolute atomic E-state index is 0.0965. The molecular formula is C34H34N6O3. The van der Waals surface area contributed by atoms with Crippen LogP contribution in [-0.4, -0.2) is 62.5 Å². The van der Waals surface area contributed by atoms with Crippen LogP contribution in [0.15, 0.2) is 94.4 Å². The Morgan fingerprint density at radius 3 is 2.23 bits per heavy atom. The summed E-state index contributed by atoms with van der Waals surface area (Å²) in [5, 5.41) is 0. The Morgan fingerprint density at radius 2 is 1.49 bits per heavy atom. The highest BCUT2D eigenvalue weighted by molar-refractivity contribution is 5.96. The number of anilines is 1. The number of para-hydroxylation sites is 4. The highest BCUT2D eigenvalue weighted by Crippen LogP contribution is 2.25. The molecule has 0 spiro atoms. The van der Waals surface area contributed by atoms with Crippen LogP contribution in [0.2, 0.25) is 0 Å². The van der Waals surface area contributed by atoms with Gasteiger partial charge in [0.1, 0.15) is 0 Å². The molecule has 2 aliphatic rings. The average molecular weight is 579 g/mol. The zero-order chi connectivity index (χ0) is 32.8. The Bertz CT molecular complexity index is 2210. The lowest BCUT2D eigenvalue weighted by atomic mass is 10.0. The molecule has 3 aromatic carbocycles. The molecule has 0 fully saturated rings. The van der Waals surface area contributed by atoms with E-state index >= 15 is 0 Å². The van der Waals surface area contributed by atoms with Crippen molar-refractivity contribution in [2.45, 2.75) is 25.7 Å². The van der Waals surface area contributed by atoms with Crippen LogP contribution < -0.4 is 16.3 Å². The average Bonchev–Trinajstić information content (AvgIpc) is 3.62. The van der Waals surface area contributed by atoms with Gasteiger partial charge in [0.2, 0.25) is 0 Å². The maximum Gasteiger partial charge on any atom is 0.330 e. The number of Topliss-reactive ketones (excluding diaryl/α,β-unsaturated/α-hetero) is 1. The molecule has 2 aromatic heterocycles. The van der Waals surface area contributed by atoms with Crippen LogP contribution in [0.25, 0.3) is 33.5 Å². The number of aromatic amines is 2. The fourth-order valence-corrected chi connectivity index (χ4v) is 6.11. The largest absolute Gasteiger partial charge is 0.367 e. The second-order valence-corrected chi connectivity index (χ2v) is 11.0. The van der Waals surface area contributed by atoms with Gasteiger partial charge in [0.05, 0.1) is 27.5 Å². The molecule has 0 unspecified atom stereocenters. The summed E-state index contributed by atoms with van der Waals surface area (Å²) in [7, 11) is 0. The fourth-order valence-electron chi connectivity index (χ4n) is 6.11. The van der Waals surface area contributed by atoms with Gasteiger partial charge in [-0.3, -0.25) is 18.8 Å². The lowest BCUT2D eigenvalue weighted by Crippen LogP contribution is -2.32. The molecule has 0 amide bonds. The molecule has 9 heteroatoms. The molecule has 7 rings (SSSR count). The van der Waals surface area contributed by atoms with Gasteiger partial charge in [-0.25, -0.2) is 9.59 Å². The van der Waals surface area contributed by atoms with Gasteiger partial charge >= 0.3 is 11.4 Å². The van der Waals surface area contributed by atoms with E-state index in [0.717, 1.165) is 54.9 Å². The zero-order valence-corrected chi connectivity index (χ0v) is 23.7. The normalized spacial score (nSPS) is 17.3. The SMILES string of the molecule is [2H]c1c([2H])c([2H])c2c([nH]c(=O)n2C2=CCN(c3ccc(C(=O)CCCN4CC=C(n5c(=O)[nH]c6ccccc65)CC4)cc3)CC2)c1[2H]. The summed E-state index contributed by atoms with van der Waals surface area (Å²) in [5.74, 6) is 0.0965. The van der Waals surface area contributed by atoms with E-state index in [0.29, 0.717) is 37.2 Å². The van der Waals surface area contributed by atoms with E-state index in [1.165, 1.54) is 4.57 Å². The predicted molar refractivity (Wildman–Crippen MR) is 172 cm³/mol. The Morgan fingerprint density at radius 1 is 0.791 bits per heavy atom. The molecule has 9 nitrogen and oxygen atoms in total. The van der Waals surface area contributed by atoms with Crippen LogP contribution in [0.5, 0.6) is 0 Å². The molecule has 5 aromatic rings. The van der Waals surface area contributed by atoms with Crippen LogP contribution in [0, 0.1) is 0 Å². The number of carbonyl (C=O) groups excluding carboxylic acids is 1. The predicted octanol–water partition coefficient (Wildman–Crippen LogP) is 4.93. The van der Waals surface area contributed by atoms with Crippen LogP contribution in [0.1, 0.15) is 41.5 Å². The fraction of sp³-hybridized carbons (Fsp3) is 0.265. The lowest BCUT2D eigenvalue weighted by molar-refractivity contribution is 0.0975. The number of hydrogen-bond donors (Lipinski definition) is 2. The molecule has 218 valence electrons. The van der Waals surface area contributed by atoms with Gasteiger partial charge in [-0.15, -0.1) is 0 Å². The molecule has 2 N–H and O–H groups in total. The third-order valence-electron chi connectivity index (χ3n) is 8.38. The quantitative estimate of drug-likeness (QED) is 0.254. The molecule has 0 atom stereocenters. The van der Waals surface area contributed by atoms with E-state index in [4.69, 9.17) is 5.48 Å². The standard InChI is InChI=1S/C34H34N6O3/c41-32(10-5-19-37-20-15-26(16-21-37)39-30-8-3-1-6-28(30)35-33(39)42)24-11-13-25(14-12-24)38-22-17-27(18-23-38)40-31-9-4-2-7-29(31)36-34(40)43/h1-4,6-9,11-15,17H,5,10,16,18-23H2,(H,35,42)(H,36,43)/i2D,4D,7D,9D. The number of aromatic nitrogens is 4. The van der Waals surface area contributed by atoms with E-state index in [9.17, 15) is 14.4 Å². The molecular weight excluding hydrogens is 540 g/mol. The molecule has 0 aliphatic carbocycles. The van der Waals surface area contributed by atoms with Gasteiger partial charge in [0, 0.05) is 68.1 Å². The minimum atomic E-state index is -0.488. The monoisotopic (exact) mass is 578 g/mol. The Labute approximate surface area is 254 Å². The zero-order valence-electron chi connectivity index (χ0n) is 27.7. The molecule has 0 saturated carbocycles.